The quantitative estimate of drug-likeness (QED) is 0.123. The molecule has 0 spiro atoms. The van der Waals surface area contributed by atoms with Gasteiger partial charge in [0.1, 0.15) is 34.4 Å². The zero-order valence-electron chi connectivity index (χ0n) is 37.4. The van der Waals surface area contributed by atoms with E-state index < -0.39 is 12.7 Å². The van der Waals surface area contributed by atoms with Gasteiger partial charge in [0, 0.05) is 49.6 Å². The summed E-state index contributed by atoms with van der Waals surface area (Å²) in [6.07, 6.45) is -9.59. The Morgan fingerprint density at radius 1 is 0.635 bits per heavy atom. The predicted molar refractivity (Wildman–Crippen MR) is 224 cm³/mol. The van der Waals surface area contributed by atoms with E-state index in [0.29, 0.717) is 50.7 Å². The fourth-order valence-electron chi connectivity index (χ4n) is 6.25. The second-order valence-corrected chi connectivity index (χ2v) is 16.8. The van der Waals surface area contributed by atoms with Crippen molar-refractivity contribution in [3.8, 4) is 23.0 Å². The van der Waals surface area contributed by atoms with Crippen molar-refractivity contribution in [1.29, 1.82) is 0 Å². The van der Waals surface area contributed by atoms with E-state index >= 15 is 0 Å². The molecule has 2 amide bonds. The van der Waals surface area contributed by atoms with Gasteiger partial charge in [0.25, 0.3) is 11.8 Å². The van der Waals surface area contributed by atoms with Crippen LogP contribution < -0.4 is 24.3 Å². The molecule has 0 unspecified atom stereocenters. The summed E-state index contributed by atoms with van der Waals surface area (Å²) in [5.41, 5.74) is 4.17. The van der Waals surface area contributed by atoms with Gasteiger partial charge in [-0.05, 0) is 72.5 Å². The molecule has 0 aliphatic rings. The van der Waals surface area contributed by atoms with Gasteiger partial charge in [-0.3, -0.25) is 19.0 Å². The lowest BCUT2D eigenvalue weighted by Crippen LogP contribution is -2.32. The second-order valence-electron chi connectivity index (χ2n) is 16.8. The minimum absolute atomic E-state index is 0.0327. The number of rotatable bonds is 12. The first-order valence-corrected chi connectivity index (χ1v) is 19.7. The highest BCUT2D eigenvalue weighted by molar-refractivity contribution is 5.93. The van der Waals surface area contributed by atoms with Crippen LogP contribution in [0.3, 0.4) is 0 Å². The summed E-state index contributed by atoms with van der Waals surface area (Å²) in [6, 6.07) is 17.5. The number of nitrogens with zero attached hydrogens (tertiary/aromatic N) is 5. The molecule has 0 aliphatic heterocycles. The van der Waals surface area contributed by atoms with Gasteiger partial charge in [0.05, 0.1) is 32.2 Å². The Morgan fingerprint density at radius 2 is 1.11 bits per heavy atom. The van der Waals surface area contributed by atoms with Crippen LogP contribution in [0, 0.1) is 13.8 Å². The highest BCUT2D eigenvalue weighted by Gasteiger charge is 2.33. The number of hydrogen-bond acceptors (Lipinski definition) is 8. The topological polar surface area (TPSA) is 122 Å². The first-order chi connectivity index (χ1) is 29.1. The summed E-state index contributed by atoms with van der Waals surface area (Å²) >= 11 is 0. The number of aromatic nitrogens is 4. The van der Waals surface area contributed by atoms with E-state index in [1.54, 1.807) is 61.5 Å². The van der Waals surface area contributed by atoms with Crippen molar-refractivity contribution in [3.05, 3.63) is 117 Å². The minimum atomic E-state index is -4.83. The Hall–Kier alpha value is -6.20. The number of nitrogens with one attached hydrogen (secondary N) is 1. The highest BCUT2D eigenvalue weighted by Crippen LogP contribution is 2.32. The molecule has 12 nitrogen and oxygen atoms in total. The maximum absolute atomic E-state index is 13.9. The van der Waals surface area contributed by atoms with Crippen LogP contribution in [-0.4, -0.2) is 63.2 Å². The summed E-state index contributed by atoms with van der Waals surface area (Å²) in [6.45, 7) is 15.3. The molecule has 342 valence electrons. The van der Waals surface area contributed by atoms with Crippen LogP contribution in [-0.2, 0) is 44.6 Å². The Morgan fingerprint density at radius 3 is 1.59 bits per heavy atom. The number of carbonyl (C=O) groups excluding carboxylic acids is 2. The number of benzene rings is 3. The SMILES string of the molecule is COc1ccc(CN(Cc2cccc(OC(F)(F)F)c2C)C(=O)c2cc(C(C)(C)C)nn2C)c(OC)c1.Cc1c(CNC(=O)c2cc(C(C)(C)C)nn2C)cccc1OC(F)(F)F. The Balaban J connectivity index is 0.000000294. The normalized spacial score (nSPS) is 12.0. The largest absolute Gasteiger partial charge is 0.573 e. The third-order valence-corrected chi connectivity index (χ3v) is 9.94. The summed E-state index contributed by atoms with van der Waals surface area (Å²) in [4.78, 5) is 27.8. The average molecular weight is 889 g/mol. The first kappa shape index (κ1) is 49.5. The van der Waals surface area contributed by atoms with Crippen LogP contribution in [0.2, 0.25) is 0 Å². The van der Waals surface area contributed by atoms with Crippen molar-refractivity contribution in [2.45, 2.75) is 98.6 Å². The van der Waals surface area contributed by atoms with Gasteiger partial charge < -0.3 is 29.2 Å². The maximum Gasteiger partial charge on any atom is 0.573 e. The van der Waals surface area contributed by atoms with Gasteiger partial charge in [-0.1, -0.05) is 65.8 Å². The van der Waals surface area contributed by atoms with Crippen LogP contribution in [0.5, 0.6) is 23.0 Å². The van der Waals surface area contributed by atoms with Gasteiger partial charge in [-0.15, -0.1) is 26.3 Å². The summed E-state index contributed by atoms with van der Waals surface area (Å²) in [7, 11) is 6.42. The van der Waals surface area contributed by atoms with Crippen molar-refractivity contribution in [1.82, 2.24) is 29.8 Å². The van der Waals surface area contributed by atoms with Crippen molar-refractivity contribution < 1.29 is 54.9 Å². The molecule has 3 aromatic carbocycles. The number of halogens is 6. The van der Waals surface area contributed by atoms with Gasteiger partial charge in [-0.2, -0.15) is 10.2 Å². The number of carbonyl (C=O) groups is 2. The molecule has 0 fully saturated rings. The van der Waals surface area contributed by atoms with Crippen LogP contribution in [0.15, 0.2) is 66.7 Å². The minimum Gasteiger partial charge on any atom is -0.497 e. The molecule has 5 rings (SSSR count). The van der Waals surface area contributed by atoms with E-state index in [0.717, 1.165) is 11.4 Å². The van der Waals surface area contributed by atoms with E-state index in [2.05, 4.69) is 25.0 Å². The van der Waals surface area contributed by atoms with E-state index in [4.69, 9.17) is 9.47 Å². The van der Waals surface area contributed by atoms with Crippen molar-refractivity contribution >= 4 is 11.8 Å². The van der Waals surface area contributed by atoms with Crippen molar-refractivity contribution in [2.75, 3.05) is 14.2 Å². The summed E-state index contributed by atoms with van der Waals surface area (Å²) < 4.78 is 98.0. The first-order valence-electron chi connectivity index (χ1n) is 19.7. The van der Waals surface area contributed by atoms with E-state index in [1.807, 2.05) is 41.5 Å². The Kier molecular flexibility index (Phi) is 15.3. The number of alkyl halides is 6. The van der Waals surface area contributed by atoms with E-state index in [1.165, 1.54) is 61.7 Å². The van der Waals surface area contributed by atoms with Gasteiger partial charge >= 0.3 is 12.7 Å². The number of methoxy groups -OCH3 is 2. The molecule has 18 heteroatoms. The van der Waals surface area contributed by atoms with Crippen LogP contribution in [0.25, 0.3) is 0 Å². The summed E-state index contributed by atoms with van der Waals surface area (Å²) in [5, 5.41) is 11.6. The molecule has 0 saturated carbocycles. The molecule has 0 aliphatic carbocycles. The Bertz CT molecular complexity index is 2390. The molecule has 0 bridgehead atoms. The van der Waals surface area contributed by atoms with E-state index in [9.17, 15) is 35.9 Å². The van der Waals surface area contributed by atoms with Gasteiger partial charge in [-0.25, -0.2) is 0 Å². The zero-order valence-corrected chi connectivity index (χ0v) is 37.4. The molecule has 1 N–H and O–H groups in total. The Labute approximate surface area is 363 Å². The molecule has 5 aromatic rings. The number of ether oxygens (including phenoxy) is 4. The van der Waals surface area contributed by atoms with Gasteiger partial charge in [0.2, 0.25) is 0 Å². The molecular weight excluding hydrogens is 835 g/mol. The fourth-order valence-corrected chi connectivity index (χ4v) is 6.25. The lowest BCUT2D eigenvalue weighted by atomic mass is 9.92. The average Bonchev–Trinajstić information content (AvgIpc) is 3.78. The predicted octanol–water partition coefficient (Wildman–Crippen LogP) is 9.64. The van der Waals surface area contributed by atoms with Crippen LogP contribution in [0.4, 0.5) is 26.3 Å². The molecular formula is C45H54F6N6O6. The molecule has 0 saturated heterocycles. The highest BCUT2D eigenvalue weighted by atomic mass is 19.4. The van der Waals surface area contributed by atoms with Gasteiger partial charge in [0.15, 0.2) is 0 Å². The monoisotopic (exact) mass is 888 g/mol. The molecule has 0 radical (unpaired) electrons. The molecule has 2 aromatic heterocycles. The number of amides is 2. The van der Waals surface area contributed by atoms with Crippen molar-refractivity contribution in [3.63, 3.8) is 0 Å². The molecule has 2 heterocycles. The lowest BCUT2D eigenvalue weighted by molar-refractivity contribution is -0.275. The van der Waals surface area contributed by atoms with E-state index in [-0.39, 0.29) is 53.8 Å². The number of aryl methyl sites for hydroxylation is 2. The molecule has 63 heavy (non-hydrogen) atoms. The zero-order chi connectivity index (χ0) is 47.2. The van der Waals surface area contributed by atoms with Crippen LogP contribution in [0.1, 0.15) is 102 Å². The smallest absolute Gasteiger partial charge is 0.497 e. The third kappa shape index (κ3) is 13.4. The second kappa shape index (κ2) is 19.5. The van der Waals surface area contributed by atoms with Crippen molar-refractivity contribution in [2.24, 2.45) is 14.1 Å². The molecule has 0 atom stereocenters. The standard InChI is InChI=1S/C27H32F3N3O4.C18H22F3N3O2/c1-17-18(9-8-10-22(17)37-27(28,29)30)15-33(16-19-11-12-20(35-6)13-23(19)36-7)25(34)21-14-24(26(2,3)4)31-32(21)5;1-11-12(7-6-8-14(11)26-18(19,20)21)10-22-16(25)13-9-15(17(2,3)4)23-24(13)5/h8-14H,15-16H2,1-7H3;6-9H,10H2,1-5H3,(H,22,25). The van der Waals surface area contributed by atoms with Crippen LogP contribution >= 0.6 is 0 Å². The number of hydrogen-bond donors (Lipinski definition) is 1. The summed E-state index contributed by atoms with van der Waals surface area (Å²) in [5.74, 6) is -0.159. The maximum atomic E-state index is 13.9. The lowest BCUT2D eigenvalue weighted by Gasteiger charge is -2.25. The third-order valence-electron chi connectivity index (χ3n) is 9.94. The fraction of sp³-hybridized carbons (Fsp3) is 0.422.